The quantitative estimate of drug-likeness (QED) is 0.00798. The number of para-hydroxylation sites is 2. The monoisotopic (exact) mass is 1720 g/mol. The summed E-state index contributed by atoms with van der Waals surface area (Å²) in [4.78, 5) is 75.2. The molecule has 2 aromatic heterocycles. The van der Waals surface area contributed by atoms with Crippen molar-refractivity contribution in [3.05, 3.63) is 292 Å². The number of aliphatic carboxylic acids is 2. The minimum Gasteiger partial charge on any atom is -0.550 e. The fraction of sp³-hybridized carbons (Fsp3) is 0.283. The molecule has 0 spiro atoms. The van der Waals surface area contributed by atoms with Crippen LogP contribution < -0.4 is 31.9 Å². The molecule has 1 aliphatic rings. The molecule has 10 aromatic rings. The minimum absolute atomic E-state index is 0. The summed E-state index contributed by atoms with van der Waals surface area (Å²) in [5, 5.41) is 72.7. The summed E-state index contributed by atoms with van der Waals surface area (Å²) in [7, 11) is -2.71. The number of benzene rings is 8. The first kappa shape index (κ1) is 97.6. The van der Waals surface area contributed by atoms with Crippen molar-refractivity contribution in [2.24, 2.45) is 5.73 Å². The van der Waals surface area contributed by atoms with Crippen molar-refractivity contribution in [3.8, 4) is 44.8 Å². The topological polar surface area (TPSA) is 383 Å². The average Bonchev–Trinajstić information content (AvgIpc) is 1.64. The van der Waals surface area contributed by atoms with Gasteiger partial charge in [-0.3, -0.25) is 14.1 Å². The molecule has 0 aliphatic carbocycles. The van der Waals surface area contributed by atoms with Gasteiger partial charge in [-0.15, -0.1) is 0 Å². The van der Waals surface area contributed by atoms with Crippen molar-refractivity contribution in [3.63, 3.8) is 0 Å². The number of nitrogens with zero attached hydrogens (tertiary/aromatic N) is 2. The molecule has 29 heteroatoms. The number of aliphatic hydroxyl groups is 4. The van der Waals surface area contributed by atoms with Gasteiger partial charge in [0.25, 0.3) is 21.9 Å². The number of carbonyl (C=O) groups excluding carboxylic acids is 6. The fourth-order valence-electron chi connectivity index (χ4n) is 14.1. The Kier molecular flexibility index (Phi) is 38.4. The van der Waals surface area contributed by atoms with E-state index in [1.54, 1.807) is 105 Å². The van der Waals surface area contributed by atoms with E-state index in [0.29, 0.717) is 96.8 Å². The maximum absolute atomic E-state index is 14.0. The van der Waals surface area contributed by atoms with Gasteiger partial charge in [0, 0.05) is 89.0 Å². The number of nitrogens with two attached hydrogens (primary N) is 1. The first-order valence-electron chi connectivity index (χ1n) is 38.9. The van der Waals surface area contributed by atoms with Gasteiger partial charge >= 0.3 is 49.7 Å². The number of rotatable bonds is 33. The predicted octanol–water partition coefficient (Wildman–Crippen LogP) is 12.8. The van der Waals surface area contributed by atoms with Crippen LogP contribution >= 0.6 is 11.6 Å². The first-order valence-corrected chi connectivity index (χ1v) is 40.7. The van der Waals surface area contributed by atoms with Crippen molar-refractivity contribution in [1.29, 1.82) is 0 Å². The molecule has 11 rings (SSSR count). The van der Waals surface area contributed by atoms with Crippen LogP contribution in [-0.2, 0) is 56.6 Å². The number of aliphatic hydroxyl groups excluding tert-OH is 4. The Morgan fingerprint density at radius 2 is 0.942 bits per heavy atom. The molecule has 0 bridgehead atoms. The smallest absolute Gasteiger partial charge is 0.550 e. The van der Waals surface area contributed by atoms with Gasteiger partial charge in [-0.05, 0) is 170 Å². The number of allylic oxidation sites excluding steroid dienone is 1. The second-order valence-corrected chi connectivity index (χ2v) is 30.5. The van der Waals surface area contributed by atoms with Crippen LogP contribution in [0, 0.1) is 11.6 Å². The number of aromatic nitrogens is 2. The number of hydrogen-bond acceptors (Lipinski definition) is 19. The number of carboxylic acid groups (broad SMARTS) is 2. The molecule has 5 atom stereocenters. The molecular formula is C92H99CaClF2N6O18S. The van der Waals surface area contributed by atoms with Crippen molar-refractivity contribution in [2.75, 3.05) is 44.1 Å². The van der Waals surface area contributed by atoms with Crippen LogP contribution in [0.3, 0.4) is 0 Å². The number of hydrogen-bond donors (Lipinski definition) is 9. The van der Waals surface area contributed by atoms with Crippen molar-refractivity contribution in [2.45, 2.75) is 140 Å². The molecule has 1 unspecified atom stereocenters. The van der Waals surface area contributed by atoms with Crippen molar-refractivity contribution in [1.82, 2.24) is 14.5 Å². The number of amides is 2. The molecule has 0 saturated heterocycles. The van der Waals surface area contributed by atoms with Crippen LogP contribution in [0.1, 0.15) is 135 Å². The van der Waals surface area contributed by atoms with Gasteiger partial charge in [0.2, 0.25) is 0 Å². The Balaban J connectivity index is 0.000000238. The number of esters is 2. The van der Waals surface area contributed by atoms with E-state index in [2.05, 4.69) is 16.0 Å². The number of nitrogens with one attached hydrogen (secondary N) is 3. The molecule has 121 heavy (non-hydrogen) atoms. The van der Waals surface area contributed by atoms with Gasteiger partial charge in [0.1, 0.15) is 11.6 Å². The zero-order valence-corrected chi connectivity index (χ0v) is 71.9. The molecule has 3 heterocycles. The summed E-state index contributed by atoms with van der Waals surface area (Å²) in [6.45, 7) is 12.9. The second-order valence-electron chi connectivity index (χ2n) is 28.6. The van der Waals surface area contributed by atoms with Crippen LogP contribution in [0.5, 0.6) is 0 Å². The van der Waals surface area contributed by atoms with E-state index in [1.807, 2.05) is 134 Å². The van der Waals surface area contributed by atoms with Crippen LogP contribution in [0.15, 0.2) is 252 Å². The number of ether oxygens (including phenoxy) is 3. The van der Waals surface area contributed by atoms with Crippen LogP contribution in [-0.4, -0.2) is 174 Å². The van der Waals surface area contributed by atoms with Gasteiger partial charge in [0.15, 0.2) is 0 Å². The molecular weight excluding hydrogens is 1620 g/mol. The Hall–Kier alpha value is -10.5. The second kappa shape index (κ2) is 47.6. The average molecular weight is 1720 g/mol. The third-order valence-electron chi connectivity index (χ3n) is 19.2. The van der Waals surface area contributed by atoms with E-state index >= 15 is 0 Å². The maximum Gasteiger partial charge on any atom is 2.00 e. The summed E-state index contributed by atoms with van der Waals surface area (Å²) in [5.74, 6) is -6.27. The predicted molar refractivity (Wildman–Crippen MR) is 457 cm³/mol. The Morgan fingerprint density at radius 3 is 1.30 bits per heavy atom. The number of methoxy groups -OCH3 is 1. The van der Waals surface area contributed by atoms with E-state index in [4.69, 9.17) is 36.1 Å². The van der Waals surface area contributed by atoms with E-state index in [-0.39, 0.29) is 124 Å². The zero-order valence-electron chi connectivity index (χ0n) is 68.2. The van der Waals surface area contributed by atoms with Crippen molar-refractivity contribution >= 4 is 107 Å². The van der Waals surface area contributed by atoms with Gasteiger partial charge in [-0.2, -0.15) is 8.42 Å². The molecule has 0 fully saturated rings. The third kappa shape index (κ3) is 27.5. The summed E-state index contributed by atoms with van der Waals surface area (Å²) in [5.41, 5.74) is 17.1. The summed E-state index contributed by atoms with van der Waals surface area (Å²) in [6.07, 6.45) is -5.54. The largest absolute Gasteiger partial charge is 2.00 e. The maximum atomic E-state index is 14.0. The molecule has 10 N–H and O–H groups in total. The SMILES string of the molecule is CC(C)c1c(C(=O)Nc2ccccc2)c(-c2ccccc2)c(-c2ccc(F)cc2)n1CC[C@@H](O)C[C@@H](O)CC(=O)[O-].CC(C)c1c(C(=O)Nc2ccccc2)c(-c2ccccc2)c(-c2ccc(F)cc2)n1CC[C@@H](O)C[C@@H](O)CC(=O)[O-].CCOC(=O)C1=C(COCCN)NC(C)=C(C(=O)OC)C1c1ccccc1Cl.O=S(=O)(O)c1ccccc1.[Ca+2]. The molecule has 8 aromatic carbocycles. The van der Waals surface area contributed by atoms with E-state index in [9.17, 15) is 76.6 Å². The van der Waals surface area contributed by atoms with E-state index in [1.165, 1.54) is 43.5 Å². The van der Waals surface area contributed by atoms with Crippen LogP contribution in [0.4, 0.5) is 20.2 Å². The normalized spacial score (nSPS) is 13.4. The summed E-state index contributed by atoms with van der Waals surface area (Å²) in [6, 6.07) is 63.9. The number of dihydropyridines is 1. The van der Waals surface area contributed by atoms with E-state index in [0.717, 1.165) is 22.5 Å². The third-order valence-corrected chi connectivity index (χ3v) is 20.4. The Morgan fingerprint density at radius 1 is 0.554 bits per heavy atom. The number of halogens is 3. The Bertz CT molecular complexity index is 5050. The minimum atomic E-state index is -4.00. The summed E-state index contributed by atoms with van der Waals surface area (Å²) >= 11 is 6.42. The van der Waals surface area contributed by atoms with Crippen LogP contribution in [0.2, 0.25) is 5.02 Å². The van der Waals surface area contributed by atoms with E-state index < -0.39 is 88.8 Å². The molecule has 1 aliphatic heterocycles. The molecule has 0 saturated carbocycles. The van der Waals surface area contributed by atoms with Crippen molar-refractivity contribution < 1.29 is 95.4 Å². The molecule has 634 valence electrons. The molecule has 0 radical (unpaired) electrons. The zero-order chi connectivity index (χ0) is 87.3. The Labute approximate surface area is 737 Å². The standard InChI is InChI=1S/2C33H35FN2O5.C20H25ClN2O5.C6H6O3S.Ca/c2*1-21(2)31-30(33(41)35-25-11-7-4-8-12-25)29(22-9-5-3-6-10-22)32(23-13-15-24(34)16-14-23)36(31)18-17-26(37)19-27(38)20-28(39)40;1-4-28-20(25)18-15(11-27-10-9-22)23-12(2)16(19(24)26-3)17(18)13-7-5-6-8-14(13)21;7-10(8,9)6-4-2-1-3-5-6;/h2*3-16,21,26-27,37-38H,17-20H2,1-2H3,(H,35,41)(H,39,40);5-8,17,23H,4,9-11,22H2,1-3H3;1-5H,(H,7,8,9);/q;;;;+2/p-2/t2*26-,27-;;;/m11.../s1. The summed E-state index contributed by atoms with van der Waals surface area (Å²) < 4.78 is 77.0. The van der Waals surface area contributed by atoms with Gasteiger partial charge in [-0.1, -0.05) is 173 Å². The first-order chi connectivity index (χ1) is 57.4. The van der Waals surface area contributed by atoms with Gasteiger partial charge in [-0.25, -0.2) is 18.4 Å². The molecule has 2 amide bonds. The number of anilines is 2. The fourth-order valence-corrected chi connectivity index (χ4v) is 14.8. The van der Waals surface area contributed by atoms with Crippen LogP contribution in [0.25, 0.3) is 44.8 Å². The molecule has 24 nitrogen and oxygen atoms in total. The van der Waals surface area contributed by atoms with Gasteiger partial charge in [0.05, 0.1) is 102 Å². The number of carbonyl (C=O) groups is 6. The number of carboxylic acids is 2. The van der Waals surface area contributed by atoms with Gasteiger partial charge < -0.3 is 85.3 Å².